The quantitative estimate of drug-likeness (QED) is 0.702. The second-order valence-electron chi connectivity index (χ2n) is 5.28. The standard InChI is InChI=1S/C16H24O2S/c1-12(2)14(4)19-11-13(3)16(17)18-10-15-8-6-5-7-9-15/h5-9,12-14H,10-11H2,1-4H3. The molecule has 0 aliphatic carbocycles. The molecule has 3 heteroatoms. The van der Waals surface area contributed by atoms with Crippen LogP contribution >= 0.6 is 11.8 Å². The van der Waals surface area contributed by atoms with Crippen LogP contribution in [0.25, 0.3) is 0 Å². The second-order valence-corrected chi connectivity index (χ2v) is 6.69. The van der Waals surface area contributed by atoms with Crippen LogP contribution in [0.1, 0.15) is 33.3 Å². The summed E-state index contributed by atoms with van der Waals surface area (Å²) in [6.45, 7) is 8.92. The summed E-state index contributed by atoms with van der Waals surface area (Å²) >= 11 is 1.84. The highest BCUT2D eigenvalue weighted by atomic mass is 32.2. The van der Waals surface area contributed by atoms with Crippen molar-refractivity contribution in [2.75, 3.05) is 5.75 Å². The first kappa shape index (κ1) is 16.1. The molecule has 0 aliphatic heterocycles. The average molecular weight is 280 g/mol. The predicted molar refractivity (Wildman–Crippen MR) is 82.2 cm³/mol. The Morgan fingerprint density at radius 3 is 2.37 bits per heavy atom. The third kappa shape index (κ3) is 6.15. The lowest BCUT2D eigenvalue weighted by Gasteiger charge is -2.17. The predicted octanol–water partition coefficient (Wildman–Crippen LogP) is 4.14. The molecule has 1 rings (SSSR count). The van der Waals surface area contributed by atoms with Crippen molar-refractivity contribution in [3.8, 4) is 0 Å². The summed E-state index contributed by atoms with van der Waals surface area (Å²) in [5, 5.41) is 0.573. The maximum absolute atomic E-state index is 11.9. The van der Waals surface area contributed by atoms with E-state index < -0.39 is 0 Å². The lowest BCUT2D eigenvalue weighted by atomic mass is 10.2. The number of thioether (sulfide) groups is 1. The maximum atomic E-state index is 11.9. The molecule has 0 spiro atoms. The Kier molecular flexibility index (Phi) is 7.00. The van der Waals surface area contributed by atoms with Gasteiger partial charge in [-0.1, -0.05) is 58.0 Å². The molecule has 2 nitrogen and oxygen atoms in total. The van der Waals surface area contributed by atoms with Crippen molar-refractivity contribution in [2.24, 2.45) is 11.8 Å². The molecular weight excluding hydrogens is 256 g/mol. The molecule has 0 aromatic heterocycles. The molecule has 0 amide bonds. The topological polar surface area (TPSA) is 26.3 Å². The Morgan fingerprint density at radius 1 is 1.16 bits per heavy atom. The normalized spacial score (nSPS) is 14.2. The van der Waals surface area contributed by atoms with Crippen LogP contribution in [-0.2, 0) is 16.1 Å². The first-order valence-electron chi connectivity index (χ1n) is 6.83. The van der Waals surface area contributed by atoms with Crippen molar-refractivity contribution in [1.82, 2.24) is 0 Å². The maximum Gasteiger partial charge on any atom is 0.309 e. The summed E-state index contributed by atoms with van der Waals surface area (Å²) in [5.41, 5.74) is 1.03. The van der Waals surface area contributed by atoms with Gasteiger partial charge in [0, 0.05) is 11.0 Å². The van der Waals surface area contributed by atoms with E-state index in [1.165, 1.54) is 0 Å². The summed E-state index contributed by atoms with van der Waals surface area (Å²) < 4.78 is 5.33. The smallest absolute Gasteiger partial charge is 0.309 e. The Morgan fingerprint density at radius 2 is 1.79 bits per heavy atom. The Balaban J connectivity index is 2.29. The average Bonchev–Trinajstić information content (AvgIpc) is 2.42. The molecule has 106 valence electrons. The minimum Gasteiger partial charge on any atom is -0.461 e. The van der Waals surface area contributed by atoms with E-state index in [0.29, 0.717) is 17.8 Å². The third-order valence-corrected chi connectivity index (χ3v) is 4.94. The molecule has 1 aromatic rings. The molecule has 0 heterocycles. The number of hydrogen-bond donors (Lipinski definition) is 0. The molecule has 1 aromatic carbocycles. The summed E-state index contributed by atoms with van der Waals surface area (Å²) in [6.07, 6.45) is 0. The summed E-state index contributed by atoms with van der Waals surface area (Å²) in [5.74, 6) is 1.31. The van der Waals surface area contributed by atoms with E-state index >= 15 is 0 Å². The van der Waals surface area contributed by atoms with Crippen molar-refractivity contribution >= 4 is 17.7 Å². The van der Waals surface area contributed by atoms with E-state index in [-0.39, 0.29) is 11.9 Å². The van der Waals surface area contributed by atoms with E-state index in [2.05, 4.69) is 20.8 Å². The summed E-state index contributed by atoms with van der Waals surface area (Å²) in [4.78, 5) is 11.9. The molecule has 0 bridgehead atoms. The number of benzene rings is 1. The fraction of sp³-hybridized carbons (Fsp3) is 0.562. The number of carbonyl (C=O) groups excluding carboxylic acids is 1. The van der Waals surface area contributed by atoms with Crippen LogP contribution < -0.4 is 0 Å². The van der Waals surface area contributed by atoms with Crippen molar-refractivity contribution in [2.45, 2.75) is 39.6 Å². The highest BCUT2D eigenvalue weighted by molar-refractivity contribution is 7.99. The molecule has 0 aliphatic rings. The summed E-state index contributed by atoms with van der Waals surface area (Å²) in [7, 11) is 0. The van der Waals surface area contributed by atoms with E-state index in [1.807, 2.05) is 49.0 Å². The van der Waals surface area contributed by atoms with Crippen LogP contribution in [0.2, 0.25) is 0 Å². The molecule has 0 saturated carbocycles. The van der Waals surface area contributed by atoms with Gasteiger partial charge >= 0.3 is 5.97 Å². The molecule has 0 fully saturated rings. The number of rotatable bonds is 7. The summed E-state index contributed by atoms with van der Waals surface area (Å²) in [6, 6.07) is 9.79. The second kappa shape index (κ2) is 8.26. The lowest BCUT2D eigenvalue weighted by Crippen LogP contribution is -2.19. The van der Waals surface area contributed by atoms with Crippen molar-refractivity contribution in [3.63, 3.8) is 0 Å². The first-order chi connectivity index (χ1) is 9.00. The molecule has 2 unspecified atom stereocenters. The zero-order chi connectivity index (χ0) is 14.3. The van der Waals surface area contributed by atoms with Crippen molar-refractivity contribution < 1.29 is 9.53 Å². The zero-order valence-electron chi connectivity index (χ0n) is 12.3. The van der Waals surface area contributed by atoms with Gasteiger partial charge in [-0.05, 0) is 11.5 Å². The van der Waals surface area contributed by atoms with E-state index in [0.717, 1.165) is 11.3 Å². The van der Waals surface area contributed by atoms with Crippen LogP contribution in [-0.4, -0.2) is 17.0 Å². The monoisotopic (exact) mass is 280 g/mol. The lowest BCUT2D eigenvalue weighted by molar-refractivity contribution is -0.148. The Hall–Kier alpha value is -0.960. The van der Waals surface area contributed by atoms with Crippen molar-refractivity contribution in [1.29, 1.82) is 0 Å². The van der Waals surface area contributed by atoms with E-state index in [1.54, 1.807) is 0 Å². The minimum atomic E-state index is -0.104. The fourth-order valence-electron chi connectivity index (χ4n) is 1.43. The van der Waals surface area contributed by atoms with Gasteiger partial charge in [-0.15, -0.1) is 0 Å². The van der Waals surface area contributed by atoms with Crippen LogP contribution in [0.15, 0.2) is 30.3 Å². The zero-order valence-corrected chi connectivity index (χ0v) is 13.1. The SMILES string of the molecule is CC(CSC(C)C(C)C)C(=O)OCc1ccccc1. The molecular formula is C16H24O2S. The van der Waals surface area contributed by atoms with Crippen LogP contribution in [0, 0.1) is 11.8 Å². The molecule has 0 radical (unpaired) electrons. The molecule has 0 N–H and O–H groups in total. The Bertz CT molecular complexity index is 376. The van der Waals surface area contributed by atoms with Gasteiger partial charge in [0.25, 0.3) is 0 Å². The van der Waals surface area contributed by atoms with E-state index in [4.69, 9.17) is 4.74 Å². The molecule has 2 atom stereocenters. The van der Waals surface area contributed by atoms with Gasteiger partial charge in [0.05, 0.1) is 5.92 Å². The number of esters is 1. The molecule has 19 heavy (non-hydrogen) atoms. The van der Waals surface area contributed by atoms with Gasteiger partial charge in [-0.3, -0.25) is 4.79 Å². The van der Waals surface area contributed by atoms with Crippen LogP contribution in [0.5, 0.6) is 0 Å². The van der Waals surface area contributed by atoms with Gasteiger partial charge in [-0.25, -0.2) is 0 Å². The van der Waals surface area contributed by atoms with Crippen molar-refractivity contribution in [3.05, 3.63) is 35.9 Å². The third-order valence-electron chi connectivity index (χ3n) is 3.17. The van der Waals surface area contributed by atoms with Gasteiger partial charge < -0.3 is 4.74 Å². The fourth-order valence-corrected chi connectivity index (χ4v) is 2.54. The number of hydrogen-bond acceptors (Lipinski definition) is 3. The van der Waals surface area contributed by atoms with Gasteiger partial charge in [-0.2, -0.15) is 11.8 Å². The highest BCUT2D eigenvalue weighted by Crippen LogP contribution is 2.21. The van der Waals surface area contributed by atoms with Gasteiger partial charge in [0.2, 0.25) is 0 Å². The minimum absolute atomic E-state index is 0.0464. The number of ether oxygens (including phenoxy) is 1. The van der Waals surface area contributed by atoms with Gasteiger partial charge in [0.1, 0.15) is 6.61 Å². The van der Waals surface area contributed by atoms with E-state index in [9.17, 15) is 4.79 Å². The van der Waals surface area contributed by atoms with Crippen LogP contribution in [0.3, 0.4) is 0 Å². The Labute approximate surface area is 120 Å². The van der Waals surface area contributed by atoms with Gasteiger partial charge in [0.15, 0.2) is 0 Å². The van der Waals surface area contributed by atoms with Crippen LogP contribution in [0.4, 0.5) is 0 Å². The largest absolute Gasteiger partial charge is 0.461 e. The highest BCUT2D eigenvalue weighted by Gasteiger charge is 2.17. The first-order valence-corrected chi connectivity index (χ1v) is 7.87. The molecule has 0 saturated heterocycles. The number of carbonyl (C=O) groups is 1.